The van der Waals surface area contributed by atoms with E-state index in [1.807, 2.05) is 19.1 Å². The number of nitrogens with one attached hydrogen (secondary N) is 1. The normalized spacial score (nSPS) is 17.2. The molecule has 0 heterocycles. The van der Waals surface area contributed by atoms with E-state index in [0.29, 0.717) is 24.4 Å². The summed E-state index contributed by atoms with van der Waals surface area (Å²) in [6.45, 7) is 5.43. The lowest BCUT2D eigenvalue weighted by Crippen LogP contribution is -2.49. The van der Waals surface area contributed by atoms with E-state index in [0.717, 1.165) is 12.0 Å². The molecule has 0 saturated heterocycles. The number of para-hydroxylation sites is 1. The number of ether oxygens (including phenoxy) is 1. The summed E-state index contributed by atoms with van der Waals surface area (Å²) in [7, 11) is 0. The molecule has 1 saturated carbocycles. The lowest BCUT2D eigenvalue weighted by atomic mass is 9.75. The van der Waals surface area contributed by atoms with Gasteiger partial charge in [0.15, 0.2) is 11.5 Å². The van der Waals surface area contributed by atoms with E-state index < -0.39 is 0 Å². The van der Waals surface area contributed by atoms with Gasteiger partial charge in [0, 0.05) is 17.6 Å². The first kappa shape index (κ1) is 13.2. The third kappa shape index (κ3) is 2.61. The Morgan fingerprint density at radius 1 is 1.33 bits per heavy atom. The van der Waals surface area contributed by atoms with Crippen molar-refractivity contribution in [3.8, 4) is 11.5 Å². The van der Waals surface area contributed by atoms with Gasteiger partial charge in [-0.05, 0) is 38.7 Å². The van der Waals surface area contributed by atoms with Crippen LogP contribution in [0.1, 0.15) is 45.1 Å². The van der Waals surface area contributed by atoms with Crippen LogP contribution >= 0.6 is 0 Å². The monoisotopic (exact) mass is 249 g/mol. The van der Waals surface area contributed by atoms with Gasteiger partial charge in [0.1, 0.15) is 0 Å². The average molecular weight is 249 g/mol. The summed E-state index contributed by atoms with van der Waals surface area (Å²) in [5.74, 6) is 0.855. The SMILES string of the molecule is CCOc1cccc(CNC2(CC)CCC2)c1O. The van der Waals surface area contributed by atoms with Crippen molar-refractivity contribution >= 4 is 0 Å². The van der Waals surface area contributed by atoms with Crippen LogP contribution in [0.5, 0.6) is 11.5 Å². The van der Waals surface area contributed by atoms with Gasteiger partial charge < -0.3 is 15.2 Å². The summed E-state index contributed by atoms with van der Waals surface area (Å²) in [5, 5.41) is 13.7. The Bertz CT molecular complexity index is 394. The van der Waals surface area contributed by atoms with Gasteiger partial charge in [-0.2, -0.15) is 0 Å². The number of benzene rings is 1. The number of phenols is 1. The van der Waals surface area contributed by atoms with Crippen LogP contribution in [0.25, 0.3) is 0 Å². The number of aromatic hydroxyl groups is 1. The van der Waals surface area contributed by atoms with Crippen LogP contribution in [-0.2, 0) is 6.54 Å². The van der Waals surface area contributed by atoms with E-state index in [4.69, 9.17) is 4.74 Å². The summed E-state index contributed by atoms with van der Waals surface area (Å²) in [5.41, 5.74) is 1.22. The van der Waals surface area contributed by atoms with E-state index >= 15 is 0 Å². The standard InChI is InChI=1S/C15H23NO2/c1-3-15(9-6-10-15)16-11-12-7-5-8-13(14(12)17)18-4-2/h5,7-8,16-17H,3-4,6,9-11H2,1-2H3. The second-order valence-corrected chi connectivity index (χ2v) is 5.04. The minimum atomic E-state index is 0.275. The molecule has 0 amide bonds. The summed E-state index contributed by atoms with van der Waals surface area (Å²) in [6, 6.07) is 5.69. The number of hydrogen-bond acceptors (Lipinski definition) is 3. The van der Waals surface area contributed by atoms with Crippen molar-refractivity contribution < 1.29 is 9.84 Å². The van der Waals surface area contributed by atoms with Gasteiger partial charge in [0.25, 0.3) is 0 Å². The largest absolute Gasteiger partial charge is 0.504 e. The third-order valence-corrected chi connectivity index (χ3v) is 4.02. The lowest BCUT2D eigenvalue weighted by molar-refractivity contribution is 0.174. The fourth-order valence-corrected chi connectivity index (χ4v) is 2.52. The molecule has 1 aliphatic carbocycles. The van der Waals surface area contributed by atoms with Gasteiger partial charge in [-0.25, -0.2) is 0 Å². The number of hydrogen-bond donors (Lipinski definition) is 2. The van der Waals surface area contributed by atoms with Gasteiger partial charge in [0.2, 0.25) is 0 Å². The molecule has 100 valence electrons. The maximum absolute atomic E-state index is 10.1. The fraction of sp³-hybridized carbons (Fsp3) is 0.600. The van der Waals surface area contributed by atoms with Gasteiger partial charge >= 0.3 is 0 Å². The molecule has 0 aliphatic heterocycles. The number of phenolic OH excluding ortho intramolecular Hbond substituents is 1. The molecule has 1 aromatic rings. The maximum atomic E-state index is 10.1. The van der Waals surface area contributed by atoms with Crippen LogP contribution in [0.3, 0.4) is 0 Å². The average Bonchev–Trinajstić information content (AvgIpc) is 2.33. The van der Waals surface area contributed by atoms with E-state index in [-0.39, 0.29) is 5.75 Å². The van der Waals surface area contributed by atoms with Crippen LogP contribution in [0.2, 0.25) is 0 Å². The first-order valence-electron chi connectivity index (χ1n) is 6.89. The smallest absolute Gasteiger partial charge is 0.162 e. The predicted octanol–water partition coefficient (Wildman–Crippen LogP) is 3.21. The highest BCUT2D eigenvalue weighted by Crippen LogP contribution is 2.36. The minimum Gasteiger partial charge on any atom is -0.504 e. The summed E-state index contributed by atoms with van der Waals surface area (Å²) >= 11 is 0. The molecule has 3 heteroatoms. The summed E-state index contributed by atoms with van der Waals surface area (Å²) in [6.07, 6.45) is 4.95. The molecule has 3 nitrogen and oxygen atoms in total. The summed E-state index contributed by atoms with van der Waals surface area (Å²) < 4.78 is 5.40. The van der Waals surface area contributed by atoms with Crippen LogP contribution in [0.15, 0.2) is 18.2 Å². The van der Waals surface area contributed by atoms with Crippen molar-refractivity contribution in [3.05, 3.63) is 23.8 Å². The van der Waals surface area contributed by atoms with Gasteiger partial charge in [-0.15, -0.1) is 0 Å². The molecule has 2 N–H and O–H groups in total. The van der Waals surface area contributed by atoms with Crippen molar-refractivity contribution in [2.24, 2.45) is 0 Å². The van der Waals surface area contributed by atoms with E-state index in [1.165, 1.54) is 19.3 Å². The molecule has 2 rings (SSSR count). The molecule has 0 atom stereocenters. The Morgan fingerprint density at radius 3 is 2.67 bits per heavy atom. The quantitative estimate of drug-likeness (QED) is 0.813. The Balaban J connectivity index is 2.02. The second kappa shape index (κ2) is 5.61. The van der Waals surface area contributed by atoms with E-state index in [1.54, 1.807) is 6.07 Å². The minimum absolute atomic E-state index is 0.275. The zero-order chi connectivity index (χ0) is 13.0. The first-order chi connectivity index (χ1) is 8.71. The van der Waals surface area contributed by atoms with Gasteiger partial charge in [-0.1, -0.05) is 19.1 Å². The molecule has 0 radical (unpaired) electrons. The van der Waals surface area contributed by atoms with Crippen molar-refractivity contribution in [1.82, 2.24) is 5.32 Å². The molecule has 1 aromatic carbocycles. The van der Waals surface area contributed by atoms with Crippen molar-refractivity contribution in [1.29, 1.82) is 0 Å². The molecule has 0 bridgehead atoms. The number of rotatable bonds is 6. The van der Waals surface area contributed by atoms with Gasteiger partial charge in [-0.3, -0.25) is 0 Å². The van der Waals surface area contributed by atoms with Crippen molar-refractivity contribution in [3.63, 3.8) is 0 Å². The Labute approximate surface area is 109 Å². The van der Waals surface area contributed by atoms with E-state index in [9.17, 15) is 5.11 Å². The highest BCUT2D eigenvalue weighted by Gasteiger charge is 2.34. The lowest BCUT2D eigenvalue weighted by Gasteiger charge is -2.42. The molecule has 1 aliphatic rings. The predicted molar refractivity (Wildman–Crippen MR) is 73.0 cm³/mol. The molecule has 0 spiro atoms. The molecule has 0 aromatic heterocycles. The molecule has 1 fully saturated rings. The Hall–Kier alpha value is -1.22. The maximum Gasteiger partial charge on any atom is 0.162 e. The van der Waals surface area contributed by atoms with Crippen LogP contribution in [0.4, 0.5) is 0 Å². The molecular weight excluding hydrogens is 226 g/mol. The Kier molecular flexibility index (Phi) is 4.12. The summed E-state index contributed by atoms with van der Waals surface area (Å²) in [4.78, 5) is 0. The molecule has 0 unspecified atom stereocenters. The fourth-order valence-electron chi connectivity index (χ4n) is 2.52. The third-order valence-electron chi connectivity index (χ3n) is 4.02. The van der Waals surface area contributed by atoms with Crippen molar-refractivity contribution in [2.75, 3.05) is 6.61 Å². The topological polar surface area (TPSA) is 41.5 Å². The van der Waals surface area contributed by atoms with Gasteiger partial charge in [0.05, 0.1) is 6.61 Å². The van der Waals surface area contributed by atoms with Crippen molar-refractivity contribution in [2.45, 2.75) is 51.6 Å². The zero-order valence-electron chi connectivity index (χ0n) is 11.3. The van der Waals surface area contributed by atoms with Crippen LogP contribution in [0, 0.1) is 0 Å². The first-order valence-corrected chi connectivity index (χ1v) is 6.89. The second-order valence-electron chi connectivity index (χ2n) is 5.04. The molecular formula is C15H23NO2. The van der Waals surface area contributed by atoms with Crippen LogP contribution < -0.4 is 10.1 Å². The molecule has 18 heavy (non-hydrogen) atoms. The Morgan fingerprint density at radius 2 is 2.11 bits per heavy atom. The highest BCUT2D eigenvalue weighted by molar-refractivity contribution is 5.45. The zero-order valence-corrected chi connectivity index (χ0v) is 11.3. The highest BCUT2D eigenvalue weighted by atomic mass is 16.5. The van der Waals surface area contributed by atoms with E-state index in [2.05, 4.69) is 12.2 Å². The van der Waals surface area contributed by atoms with Crippen LogP contribution in [-0.4, -0.2) is 17.3 Å².